The molecule has 0 bridgehead atoms. The van der Waals surface area contributed by atoms with Crippen molar-refractivity contribution in [1.82, 2.24) is 15.1 Å². The molecule has 0 aliphatic carbocycles. The Morgan fingerprint density at radius 3 is 2.92 bits per heavy atom. The molecule has 1 aromatic rings. The van der Waals surface area contributed by atoms with Crippen LogP contribution in [0.1, 0.15) is 29.5 Å². The van der Waals surface area contributed by atoms with E-state index in [0.29, 0.717) is 5.69 Å². The zero-order valence-corrected chi connectivity index (χ0v) is 8.29. The molecule has 1 N–H and O–H groups in total. The van der Waals surface area contributed by atoms with Crippen LogP contribution in [0.3, 0.4) is 0 Å². The van der Waals surface area contributed by atoms with E-state index in [1.54, 1.807) is 13.1 Å². The monoisotopic (exact) mass is 181 g/mol. The average molecular weight is 181 g/mol. The highest BCUT2D eigenvalue weighted by Crippen LogP contribution is 2.03. The minimum absolute atomic E-state index is 0.127. The van der Waals surface area contributed by atoms with Crippen LogP contribution in [0.4, 0.5) is 0 Å². The molecule has 1 heterocycles. The van der Waals surface area contributed by atoms with Crippen molar-refractivity contribution in [3.63, 3.8) is 0 Å². The fraction of sp³-hybridized carbons (Fsp3) is 0.556. The summed E-state index contributed by atoms with van der Waals surface area (Å²) in [6.45, 7) is 4.90. The van der Waals surface area contributed by atoms with Crippen LogP contribution in [0.25, 0.3) is 0 Å². The van der Waals surface area contributed by atoms with Crippen molar-refractivity contribution in [2.75, 3.05) is 7.05 Å². The van der Waals surface area contributed by atoms with Crippen molar-refractivity contribution in [2.45, 2.75) is 26.8 Å². The highest BCUT2D eigenvalue weighted by Gasteiger charge is 2.09. The number of aromatic nitrogens is 2. The zero-order valence-electron chi connectivity index (χ0n) is 8.29. The molecule has 1 amide bonds. The van der Waals surface area contributed by atoms with Crippen LogP contribution in [0.2, 0.25) is 0 Å². The van der Waals surface area contributed by atoms with Gasteiger partial charge in [-0.2, -0.15) is 5.10 Å². The topological polar surface area (TPSA) is 46.9 Å². The quantitative estimate of drug-likeness (QED) is 0.755. The average Bonchev–Trinajstić information content (AvgIpc) is 2.47. The first-order valence-electron chi connectivity index (χ1n) is 4.45. The van der Waals surface area contributed by atoms with Gasteiger partial charge in [0.05, 0.1) is 0 Å². The van der Waals surface area contributed by atoms with E-state index in [1.165, 1.54) is 0 Å². The fourth-order valence-electron chi connectivity index (χ4n) is 1.19. The van der Waals surface area contributed by atoms with Gasteiger partial charge in [0.15, 0.2) is 0 Å². The molecule has 0 fully saturated rings. The molecule has 72 valence electrons. The molecule has 13 heavy (non-hydrogen) atoms. The molecule has 0 saturated carbocycles. The minimum Gasteiger partial charge on any atom is -0.354 e. The molecule has 1 aromatic heterocycles. The summed E-state index contributed by atoms with van der Waals surface area (Å²) in [6.07, 6.45) is 1.02. The maximum atomic E-state index is 11.2. The molecule has 1 rings (SSSR count). The van der Waals surface area contributed by atoms with Crippen molar-refractivity contribution in [3.05, 3.63) is 17.5 Å². The Morgan fingerprint density at radius 2 is 2.38 bits per heavy atom. The normalized spacial score (nSPS) is 10.1. The summed E-state index contributed by atoms with van der Waals surface area (Å²) in [6, 6.07) is 1.80. The van der Waals surface area contributed by atoms with E-state index in [1.807, 2.05) is 11.6 Å². The number of hydrogen-bond acceptors (Lipinski definition) is 2. The maximum absolute atomic E-state index is 11.2. The number of nitrogens with zero attached hydrogens (tertiary/aromatic N) is 2. The second-order valence-corrected chi connectivity index (χ2v) is 2.97. The lowest BCUT2D eigenvalue weighted by Crippen LogP contribution is -2.18. The molecule has 0 aliphatic rings. The zero-order chi connectivity index (χ0) is 9.84. The lowest BCUT2D eigenvalue weighted by atomic mass is 10.3. The number of amides is 1. The third-order valence-corrected chi connectivity index (χ3v) is 1.88. The Balaban J connectivity index is 2.88. The number of nitrogens with one attached hydrogen (secondary N) is 1. The molecule has 4 nitrogen and oxygen atoms in total. The second-order valence-electron chi connectivity index (χ2n) is 2.97. The van der Waals surface area contributed by atoms with Gasteiger partial charge in [0.2, 0.25) is 0 Å². The van der Waals surface area contributed by atoms with Gasteiger partial charge >= 0.3 is 0 Å². The molecule has 4 heteroatoms. The van der Waals surface area contributed by atoms with Crippen molar-refractivity contribution in [1.29, 1.82) is 0 Å². The van der Waals surface area contributed by atoms with E-state index >= 15 is 0 Å². The number of aryl methyl sites for hydroxylation is 2. The summed E-state index contributed by atoms with van der Waals surface area (Å²) in [5, 5.41) is 6.72. The largest absolute Gasteiger partial charge is 0.354 e. The molecule has 0 unspecified atom stereocenters. The summed E-state index contributed by atoms with van der Waals surface area (Å²) in [7, 11) is 1.61. The van der Waals surface area contributed by atoms with Crippen molar-refractivity contribution in [2.24, 2.45) is 0 Å². The first-order chi connectivity index (χ1) is 6.19. The first-order valence-corrected chi connectivity index (χ1v) is 4.45. The standard InChI is InChI=1S/C9H15N3O/c1-4-5-12-7(2)6-8(11-12)9(13)10-3/h6H,4-5H2,1-3H3,(H,10,13). The summed E-state index contributed by atoms with van der Waals surface area (Å²) < 4.78 is 1.85. The van der Waals surface area contributed by atoms with Gasteiger partial charge in [-0.1, -0.05) is 6.92 Å². The molecule has 0 aliphatic heterocycles. The number of carbonyl (C=O) groups is 1. The lowest BCUT2D eigenvalue weighted by molar-refractivity contribution is 0.0957. The van der Waals surface area contributed by atoms with Gasteiger partial charge in [-0.25, -0.2) is 0 Å². The van der Waals surface area contributed by atoms with Crippen LogP contribution in [0.15, 0.2) is 6.07 Å². The molecule has 0 spiro atoms. The van der Waals surface area contributed by atoms with E-state index in [4.69, 9.17) is 0 Å². The lowest BCUT2D eigenvalue weighted by Gasteiger charge is -1.99. The number of carbonyl (C=O) groups excluding carboxylic acids is 1. The van der Waals surface area contributed by atoms with Crippen molar-refractivity contribution < 1.29 is 4.79 Å². The van der Waals surface area contributed by atoms with Crippen LogP contribution in [-0.4, -0.2) is 22.7 Å². The SMILES string of the molecule is CCCn1nc(C(=O)NC)cc1C. The summed E-state index contributed by atoms with van der Waals surface area (Å²) in [5.74, 6) is -0.127. The van der Waals surface area contributed by atoms with E-state index in [2.05, 4.69) is 17.3 Å². The van der Waals surface area contributed by atoms with Gasteiger partial charge < -0.3 is 5.32 Å². The van der Waals surface area contributed by atoms with E-state index in [9.17, 15) is 4.79 Å². The van der Waals surface area contributed by atoms with E-state index < -0.39 is 0 Å². The van der Waals surface area contributed by atoms with Crippen molar-refractivity contribution in [3.8, 4) is 0 Å². The smallest absolute Gasteiger partial charge is 0.271 e. The Kier molecular flexibility index (Phi) is 3.06. The Morgan fingerprint density at radius 1 is 1.69 bits per heavy atom. The Labute approximate surface area is 77.9 Å². The summed E-state index contributed by atoms with van der Waals surface area (Å²) >= 11 is 0. The molecular formula is C9H15N3O. The van der Waals surface area contributed by atoms with Gasteiger partial charge in [0.25, 0.3) is 5.91 Å². The molecule has 0 radical (unpaired) electrons. The van der Waals surface area contributed by atoms with Crippen LogP contribution in [0.5, 0.6) is 0 Å². The van der Waals surface area contributed by atoms with Crippen LogP contribution >= 0.6 is 0 Å². The van der Waals surface area contributed by atoms with Crippen LogP contribution in [-0.2, 0) is 6.54 Å². The van der Waals surface area contributed by atoms with Crippen LogP contribution < -0.4 is 5.32 Å². The molecule has 0 aromatic carbocycles. The summed E-state index contributed by atoms with van der Waals surface area (Å²) in [4.78, 5) is 11.2. The van der Waals surface area contributed by atoms with Crippen LogP contribution in [0, 0.1) is 6.92 Å². The Bertz CT molecular complexity index is 304. The predicted molar refractivity (Wildman–Crippen MR) is 50.6 cm³/mol. The first kappa shape index (κ1) is 9.77. The van der Waals surface area contributed by atoms with Gasteiger partial charge in [-0.05, 0) is 19.4 Å². The third kappa shape index (κ3) is 2.08. The Hall–Kier alpha value is -1.32. The van der Waals surface area contributed by atoms with Crippen molar-refractivity contribution >= 4 is 5.91 Å². The van der Waals surface area contributed by atoms with E-state index in [0.717, 1.165) is 18.7 Å². The number of rotatable bonds is 3. The number of hydrogen-bond donors (Lipinski definition) is 1. The molecular weight excluding hydrogens is 166 g/mol. The predicted octanol–water partition coefficient (Wildman–Crippen LogP) is 0.961. The highest BCUT2D eigenvalue weighted by atomic mass is 16.1. The van der Waals surface area contributed by atoms with Gasteiger partial charge in [-0.3, -0.25) is 9.48 Å². The van der Waals surface area contributed by atoms with Gasteiger partial charge in [0, 0.05) is 19.3 Å². The molecule has 0 saturated heterocycles. The van der Waals surface area contributed by atoms with Gasteiger partial charge in [-0.15, -0.1) is 0 Å². The highest BCUT2D eigenvalue weighted by molar-refractivity contribution is 5.92. The van der Waals surface area contributed by atoms with Gasteiger partial charge in [0.1, 0.15) is 5.69 Å². The molecule has 0 atom stereocenters. The summed E-state index contributed by atoms with van der Waals surface area (Å²) in [5.41, 5.74) is 1.52. The second kappa shape index (κ2) is 4.07. The minimum atomic E-state index is -0.127. The van der Waals surface area contributed by atoms with E-state index in [-0.39, 0.29) is 5.91 Å². The fourth-order valence-corrected chi connectivity index (χ4v) is 1.19. The third-order valence-electron chi connectivity index (χ3n) is 1.88. The maximum Gasteiger partial charge on any atom is 0.271 e.